The first-order chi connectivity index (χ1) is 17.0. The van der Waals surface area contributed by atoms with Gasteiger partial charge >= 0.3 is 5.97 Å². The smallest absolute Gasteiger partial charge is 0.332 e. The van der Waals surface area contributed by atoms with Crippen molar-refractivity contribution in [1.82, 2.24) is 0 Å². The minimum atomic E-state index is -0.665. The highest BCUT2D eigenvalue weighted by atomic mass is 16.6. The number of rotatable bonds is 10. The van der Waals surface area contributed by atoms with Crippen LogP contribution in [0.2, 0.25) is 0 Å². The molecular weight excluding hydrogens is 452 g/mol. The Kier molecular flexibility index (Phi) is 9.81. The highest BCUT2D eigenvalue weighted by molar-refractivity contribution is 5.71. The number of allylic oxidation sites excluding steroid dienone is 4. The molecule has 0 amide bonds. The summed E-state index contributed by atoms with van der Waals surface area (Å²) in [6.07, 6.45) is 14.1. The summed E-state index contributed by atoms with van der Waals surface area (Å²) in [5.41, 5.74) is 3.96. The first-order valence-electron chi connectivity index (χ1n) is 14.0. The number of fused-ring (bicyclic) bond motifs is 1. The number of carbonyl (C=O) groups is 1. The van der Waals surface area contributed by atoms with Gasteiger partial charge in [-0.25, -0.2) is 4.79 Å². The quantitative estimate of drug-likeness (QED) is 0.270. The van der Waals surface area contributed by atoms with Crippen molar-refractivity contribution < 1.29 is 24.5 Å². The van der Waals surface area contributed by atoms with Gasteiger partial charge in [-0.05, 0) is 86.8 Å². The maximum atomic E-state index is 12.6. The van der Waals surface area contributed by atoms with Gasteiger partial charge in [0.15, 0.2) is 0 Å². The molecule has 2 fully saturated rings. The van der Waals surface area contributed by atoms with Crippen LogP contribution in [-0.4, -0.2) is 46.7 Å². The van der Waals surface area contributed by atoms with Gasteiger partial charge in [0.25, 0.3) is 0 Å². The van der Waals surface area contributed by atoms with Gasteiger partial charge < -0.3 is 19.7 Å². The summed E-state index contributed by atoms with van der Waals surface area (Å²) in [4.78, 5) is 12.6. The number of aliphatic hydroxyl groups is 2. The Hall–Kier alpha value is -1.69. The van der Waals surface area contributed by atoms with Crippen molar-refractivity contribution in [2.24, 2.45) is 11.3 Å². The molecule has 0 saturated heterocycles. The highest BCUT2D eigenvalue weighted by Crippen LogP contribution is 2.55. The minimum absolute atomic E-state index is 0.00739. The average Bonchev–Trinajstić information content (AvgIpc) is 3.16. The Labute approximate surface area is 218 Å². The molecule has 2 saturated carbocycles. The van der Waals surface area contributed by atoms with Crippen LogP contribution in [0.3, 0.4) is 0 Å². The Morgan fingerprint density at radius 3 is 2.64 bits per heavy atom. The summed E-state index contributed by atoms with van der Waals surface area (Å²) in [6, 6.07) is 0. The zero-order chi connectivity index (χ0) is 26.5. The number of hydrogen-bond donors (Lipinski definition) is 2. The largest absolute Gasteiger partial charge is 0.458 e. The van der Waals surface area contributed by atoms with Crippen LogP contribution in [0.15, 0.2) is 47.1 Å². The normalized spacial score (nSPS) is 31.9. The topological polar surface area (TPSA) is 76.0 Å². The van der Waals surface area contributed by atoms with E-state index < -0.39 is 17.8 Å². The van der Waals surface area contributed by atoms with Crippen molar-refractivity contribution in [2.45, 2.75) is 123 Å². The van der Waals surface area contributed by atoms with E-state index in [1.165, 1.54) is 11.1 Å². The number of carbonyl (C=O) groups excluding carboxylic acids is 1. The van der Waals surface area contributed by atoms with Gasteiger partial charge in [0.05, 0.1) is 18.3 Å². The summed E-state index contributed by atoms with van der Waals surface area (Å²) in [5, 5.41) is 20.3. The maximum Gasteiger partial charge on any atom is 0.332 e. The van der Waals surface area contributed by atoms with Gasteiger partial charge in [0.2, 0.25) is 0 Å². The van der Waals surface area contributed by atoms with E-state index in [0.29, 0.717) is 18.8 Å². The van der Waals surface area contributed by atoms with Crippen LogP contribution < -0.4 is 0 Å². The van der Waals surface area contributed by atoms with Crippen molar-refractivity contribution in [3.8, 4) is 0 Å². The lowest BCUT2D eigenvalue weighted by Gasteiger charge is -2.42. The molecule has 0 aromatic heterocycles. The lowest BCUT2D eigenvalue weighted by atomic mass is 9.63. The van der Waals surface area contributed by atoms with Gasteiger partial charge in [-0.1, -0.05) is 64.0 Å². The van der Waals surface area contributed by atoms with Gasteiger partial charge in [-0.15, -0.1) is 0 Å². The summed E-state index contributed by atoms with van der Waals surface area (Å²) >= 11 is 0. The molecule has 36 heavy (non-hydrogen) atoms. The number of hydrogen-bond acceptors (Lipinski definition) is 5. The molecule has 202 valence electrons. The summed E-state index contributed by atoms with van der Waals surface area (Å²) in [6.45, 7) is 14.7. The highest BCUT2D eigenvalue weighted by Gasteiger charge is 2.46. The molecule has 0 aromatic carbocycles. The van der Waals surface area contributed by atoms with E-state index in [1.54, 1.807) is 0 Å². The van der Waals surface area contributed by atoms with Crippen LogP contribution in [0.4, 0.5) is 0 Å². The number of esters is 1. The third-order valence-corrected chi connectivity index (χ3v) is 8.68. The van der Waals surface area contributed by atoms with Crippen LogP contribution in [0.1, 0.15) is 98.8 Å². The lowest BCUT2D eigenvalue weighted by molar-refractivity contribution is -0.166. The molecule has 5 heteroatoms. The van der Waals surface area contributed by atoms with Gasteiger partial charge in [0, 0.05) is 6.42 Å². The Morgan fingerprint density at radius 2 is 1.97 bits per heavy atom. The molecular formula is C31H48O5. The van der Waals surface area contributed by atoms with Crippen LogP contribution in [-0.2, 0) is 14.3 Å². The van der Waals surface area contributed by atoms with Crippen LogP contribution >= 0.6 is 0 Å². The zero-order valence-corrected chi connectivity index (χ0v) is 23.1. The number of aliphatic hydroxyl groups excluding tert-OH is 2. The second-order valence-electron chi connectivity index (χ2n) is 11.7. The molecule has 0 radical (unpaired) electrons. The molecule has 0 spiro atoms. The average molecular weight is 501 g/mol. The summed E-state index contributed by atoms with van der Waals surface area (Å²) < 4.78 is 11.9. The van der Waals surface area contributed by atoms with E-state index in [2.05, 4.69) is 52.5 Å². The fraction of sp³-hybridized carbons (Fsp3) is 0.710. The lowest BCUT2D eigenvalue weighted by Crippen LogP contribution is -2.36. The number of ether oxygens (including phenoxy) is 2. The molecule has 0 aromatic rings. The van der Waals surface area contributed by atoms with Crippen molar-refractivity contribution in [3.05, 3.63) is 47.1 Å². The first-order valence-corrected chi connectivity index (χ1v) is 14.0. The van der Waals surface area contributed by atoms with E-state index in [9.17, 15) is 15.0 Å². The molecule has 3 aliphatic rings. The third-order valence-electron chi connectivity index (χ3n) is 8.68. The Bertz CT molecular complexity index is 891. The Morgan fingerprint density at radius 1 is 1.28 bits per heavy atom. The molecule has 0 heterocycles. The summed E-state index contributed by atoms with van der Waals surface area (Å²) in [7, 11) is 0. The van der Waals surface area contributed by atoms with E-state index >= 15 is 0 Å². The Balaban J connectivity index is 1.64. The van der Waals surface area contributed by atoms with Gasteiger partial charge in [-0.3, -0.25) is 0 Å². The molecule has 3 aliphatic carbocycles. The van der Waals surface area contributed by atoms with Gasteiger partial charge in [0.1, 0.15) is 12.2 Å². The van der Waals surface area contributed by atoms with Crippen molar-refractivity contribution in [2.75, 3.05) is 6.61 Å². The minimum Gasteiger partial charge on any atom is -0.458 e. The van der Waals surface area contributed by atoms with E-state index in [-0.39, 0.29) is 24.1 Å². The molecule has 2 N–H and O–H groups in total. The fourth-order valence-electron chi connectivity index (χ4n) is 6.82. The monoisotopic (exact) mass is 500 g/mol. The molecule has 0 unspecified atom stereocenters. The first kappa shape index (κ1) is 28.9. The standard InChI is InChI=1S/C31H48O5/c1-7-15-30(5,16-8-2)36-29(34)20-35-22(4)26-13-14-27-23(10-9-17-31(26,27)6)11-12-24-18-25(32)19-28(33)21(24)3/h11-13,22,25,27-28,32-33H,3,7-10,14-20H2,1-2,4-6H3/t22-,25+,27-,28-,31+/m0/s1. The SMILES string of the molecule is C=C1C(=CC=C2CCC[C@]3(C)C([C@H](C)OCC(=O)OC(C)(CCC)CCC)=CC[C@@H]23)C[C@@H](O)C[C@@H]1O. The molecule has 5 atom stereocenters. The van der Waals surface area contributed by atoms with Crippen molar-refractivity contribution in [3.63, 3.8) is 0 Å². The zero-order valence-electron chi connectivity index (χ0n) is 23.1. The third kappa shape index (κ3) is 6.59. The summed E-state index contributed by atoms with van der Waals surface area (Å²) in [5.74, 6) is 0.125. The van der Waals surface area contributed by atoms with Gasteiger partial charge in [-0.2, -0.15) is 0 Å². The maximum absolute atomic E-state index is 12.6. The van der Waals surface area contributed by atoms with E-state index in [1.807, 2.05) is 6.92 Å². The molecule has 3 rings (SSSR count). The second kappa shape index (κ2) is 12.2. The predicted octanol–water partition coefficient (Wildman–Crippen LogP) is 6.35. The second-order valence-corrected chi connectivity index (χ2v) is 11.7. The van der Waals surface area contributed by atoms with Crippen LogP contribution in [0.5, 0.6) is 0 Å². The van der Waals surface area contributed by atoms with Crippen LogP contribution in [0.25, 0.3) is 0 Å². The molecule has 0 bridgehead atoms. The molecule has 0 aliphatic heterocycles. The van der Waals surface area contributed by atoms with Crippen LogP contribution in [0, 0.1) is 11.3 Å². The van der Waals surface area contributed by atoms with E-state index in [4.69, 9.17) is 9.47 Å². The van der Waals surface area contributed by atoms with Crippen molar-refractivity contribution in [1.29, 1.82) is 0 Å². The fourth-order valence-corrected chi connectivity index (χ4v) is 6.82. The predicted molar refractivity (Wildman–Crippen MR) is 144 cm³/mol. The van der Waals surface area contributed by atoms with E-state index in [0.717, 1.165) is 62.5 Å². The van der Waals surface area contributed by atoms with Crippen molar-refractivity contribution >= 4 is 5.97 Å². The molecule has 5 nitrogen and oxygen atoms in total.